The van der Waals surface area contributed by atoms with Gasteiger partial charge in [-0.2, -0.15) is 0 Å². The maximum absolute atomic E-state index is 12.7. The predicted octanol–water partition coefficient (Wildman–Crippen LogP) is 6.26. The number of nitrogens with zero attached hydrogens (tertiary/aromatic N) is 1. The molecule has 0 radical (unpaired) electrons. The standard InChI is InChI=1S/C21H19Cl2NO3S/c1-13(2)12-27-16-6-3-14(4-7-16)10-19-20(25)24(21(26)28-19)11-15-5-8-17(22)18(23)9-15/h3-10,13H,11-12H2,1-2H3/b19-10-. The Kier molecular flexibility index (Phi) is 6.70. The van der Waals surface area contributed by atoms with Crippen molar-refractivity contribution in [1.29, 1.82) is 0 Å². The number of halogens is 2. The number of imide groups is 1. The normalized spacial score (nSPS) is 15.8. The van der Waals surface area contributed by atoms with E-state index in [9.17, 15) is 9.59 Å². The molecule has 4 nitrogen and oxygen atoms in total. The van der Waals surface area contributed by atoms with Crippen LogP contribution in [0.1, 0.15) is 25.0 Å². The maximum Gasteiger partial charge on any atom is 0.293 e. The zero-order chi connectivity index (χ0) is 20.3. The smallest absolute Gasteiger partial charge is 0.293 e. The van der Waals surface area contributed by atoms with Crippen molar-refractivity contribution < 1.29 is 14.3 Å². The van der Waals surface area contributed by atoms with E-state index in [0.717, 1.165) is 28.6 Å². The lowest BCUT2D eigenvalue weighted by atomic mass is 10.2. The molecule has 0 bridgehead atoms. The first-order valence-electron chi connectivity index (χ1n) is 8.75. The molecule has 0 N–H and O–H groups in total. The van der Waals surface area contributed by atoms with Crippen LogP contribution in [0.2, 0.25) is 10.0 Å². The van der Waals surface area contributed by atoms with Gasteiger partial charge in [0.15, 0.2) is 0 Å². The van der Waals surface area contributed by atoms with Crippen molar-refractivity contribution in [3.05, 3.63) is 68.5 Å². The Hall–Kier alpha value is -1.95. The fourth-order valence-corrected chi connectivity index (χ4v) is 3.69. The molecule has 2 amide bonds. The molecule has 2 aromatic rings. The molecule has 3 rings (SSSR count). The Balaban J connectivity index is 1.70. The number of amides is 2. The topological polar surface area (TPSA) is 46.6 Å². The highest BCUT2D eigenvalue weighted by molar-refractivity contribution is 8.18. The largest absolute Gasteiger partial charge is 0.493 e. The average molecular weight is 436 g/mol. The Morgan fingerprint density at radius 2 is 1.79 bits per heavy atom. The number of hydrogen-bond donors (Lipinski definition) is 0. The van der Waals surface area contributed by atoms with Gasteiger partial charge in [-0.05, 0) is 59.1 Å². The van der Waals surface area contributed by atoms with Crippen LogP contribution in [0, 0.1) is 5.92 Å². The summed E-state index contributed by atoms with van der Waals surface area (Å²) < 4.78 is 5.66. The maximum atomic E-state index is 12.7. The van der Waals surface area contributed by atoms with E-state index in [1.165, 1.54) is 4.90 Å². The number of carbonyl (C=O) groups excluding carboxylic acids is 2. The molecule has 1 aliphatic heterocycles. The van der Waals surface area contributed by atoms with Crippen molar-refractivity contribution in [3.63, 3.8) is 0 Å². The van der Waals surface area contributed by atoms with Crippen molar-refractivity contribution in [2.75, 3.05) is 6.61 Å². The lowest BCUT2D eigenvalue weighted by molar-refractivity contribution is -0.123. The fraction of sp³-hybridized carbons (Fsp3) is 0.238. The van der Waals surface area contributed by atoms with Gasteiger partial charge in [-0.1, -0.05) is 55.2 Å². The van der Waals surface area contributed by atoms with Crippen molar-refractivity contribution in [2.24, 2.45) is 5.92 Å². The minimum absolute atomic E-state index is 0.154. The summed E-state index contributed by atoms with van der Waals surface area (Å²) in [5.74, 6) is 0.904. The van der Waals surface area contributed by atoms with E-state index < -0.39 is 0 Å². The number of thioether (sulfide) groups is 1. The van der Waals surface area contributed by atoms with Crippen LogP contribution in [0.3, 0.4) is 0 Å². The van der Waals surface area contributed by atoms with Gasteiger partial charge < -0.3 is 4.74 Å². The Labute approximate surface area is 178 Å². The summed E-state index contributed by atoms with van der Waals surface area (Å²) in [5, 5.41) is 0.515. The van der Waals surface area contributed by atoms with E-state index in [1.807, 2.05) is 24.3 Å². The molecule has 7 heteroatoms. The molecule has 1 aliphatic rings. The summed E-state index contributed by atoms with van der Waals surface area (Å²) in [6.07, 6.45) is 1.71. The third-order valence-electron chi connectivity index (χ3n) is 3.96. The van der Waals surface area contributed by atoms with Gasteiger partial charge >= 0.3 is 0 Å². The zero-order valence-electron chi connectivity index (χ0n) is 15.4. The van der Waals surface area contributed by atoms with E-state index >= 15 is 0 Å². The Morgan fingerprint density at radius 1 is 1.07 bits per heavy atom. The molecule has 0 unspecified atom stereocenters. The highest BCUT2D eigenvalue weighted by atomic mass is 35.5. The van der Waals surface area contributed by atoms with E-state index in [2.05, 4.69) is 13.8 Å². The first kappa shape index (κ1) is 20.8. The SMILES string of the molecule is CC(C)COc1ccc(/C=C2\SC(=O)N(Cc3ccc(Cl)c(Cl)c3)C2=O)cc1. The van der Waals surface area contributed by atoms with Crippen LogP contribution in [0.5, 0.6) is 5.75 Å². The second-order valence-corrected chi connectivity index (χ2v) is 8.60. The summed E-state index contributed by atoms with van der Waals surface area (Å²) in [6.45, 7) is 4.97. The third kappa shape index (κ3) is 5.10. The summed E-state index contributed by atoms with van der Waals surface area (Å²) >= 11 is 12.9. The predicted molar refractivity (Wildman–Crippen MR) is 115 cm³/mol. The van der Waals surface area contributed by atoms with Crippen molar-refractivity contribution in [2.45, 2.75) is 20.4 Å². The lowest BCUT2D eigenvalue weighted by Crippen LogP contribution is -2.27. The van der Waals surface area contributed by atoms with E-state index in [0.29, 0.717) is 27.5 Å². The van der Waals surface area contributed by atoms with Gasteiger partial charge in [-0.3, -0.25) is 14.5 Å². The first-order chi connectivity index (χ1) is 13.3. The van der Waals surface area contributed by atoms with Crippen molar-refractivity contribution in [3.8, 4) is 5.75 Å². The second kappa shape index (κ2) is 9.03. The third-order valence-corrected chi connectivity index (χ3v) is 5.61. The molecular formula is C21H19Cl2NO3S. The lowest BCUT2D eigenvalue weighted by Gasteiger charge is -2.13. The minimum atomic E-state index is -0.318. The number of ether oxygens (including phenoxy) is 1. The number of benzene rings is 2. The van der Waals surface area contributed by atoms with Gasteiger partial charge in [0.1, 0.15) is 5.75 Å². The molecule has 0 spiro atoms. The van der Waals surface area contributed by atoms with Gasteiger partial charge in [0.25, 0.3) is 11.1 Å². The van der Waals surface area contributed by atoms with Crippen LogP contribution < -0.4 is 4.74 Å². The van der Waals surface area contributed by atoms with Gasteiger partial charge in [-0.15, -0.1) is 0 Å². The molecule has 0 saturated carbocycles. The molecule has 2 aromatic carbocycles. The van der Waals surface area contributed by atoms with Crippen LogP contribution >= 0.6 is 35.0 Å². The van der Waals surface area contributed by atoms with E-state index in [-0.39, 0.29) is 17.7 Å². The molecule has 0 atom stereocenters. The quantitative estimate of drug-likeness (QED) is 0.501. The summed E-state index contributed by atoms with van der Waals surface area (Å²) in [4.78, 5) is 26.5. The van der Waals surface area contributed by atoms with Crippen LogP contribution in [-0.4, -0.2) is 22.7 Å². The van der Waals surface area contributed by atoms with Crippen LogP contribution in [0.4, 0.5) is 4.79 Å². The molecule has 28 heavy (non-hydrogen) atoms. The molecule has 1 heterocycles. The van der Waals surface area contributed by atoms with Crippen LogP contribution in [0.25, 0.3) is 6.08 Å². The molecule has 0 aliphatic carbocycles. The Morgan fingerprint density at radius 3 is 2.43 bits per heavy atom. The van der Waals surface area contributed by atoms with E-state index in [4.69, 9.17) is 27.9 Å². The summed E-state index contributed by atoms with van der Waals surface area (Å²) in [6, 6.07) is 12.5. The number of hydrogen-bond acceptors (Lipinski definition) is 4. The molecular weight excluding hydrogens is 417 g/mol. The van der Waals surface area contributed by atoms with Gasteiger partial charge in [0, 0.05) is 0 Å². The highest BCUT2D eigenvalue weighted by Gasteiger charge is 2.35. The molecule has 1 fully saturated rings. The summed E-state index contributed by atoms with van der Waals surface area (Å²) in [7, 11) is 0. The highest BCUT2D eigenvalue weighted by Crippen LogP contribution is 2.34. The summed E-state index contributed by atoms with van der Waals surface area (Å²) in [5.41, 5.74) is 1.57. The molecule has 1 saturated heterocycles. The minimum Gasteiger partial charge on any atom is -0.493 e. The number of carbonyl (C=O) groups is 2. The molecule has 146 valence electrons. The molecule has 0 aromatic heterocycles. The fourth-order valence-electron chi connectivity index (χ4n) is 2.53. The van der Waals surface area contributed by atoms with Gasteiger partial charge in [-0.25, -0.2) is 0 Å². The van der Waals surface area contributed by atoms with Crippen LogP contribution in [0.15, 0.2) is 47.4 Å². The Bertz CT molecular complexity index is 926. The van der Waals surface area contributed by atoms with Crippen molar-refractivity contribution >= 4 is 52.2 Å². The van der Waals surface area contributed by atoms with Gasteiger partial charge in [0.05, 0.1) is 28.1 Å². The van der Waals surface area contributed by atoms with Gasteiger partial charge in [0.2, 0.25) is 0 Å². The number of rotatable bonds is 6. The van der Waals surface area contributed by atoms with Crippen molar-refractivity contribution in [1.82, 2.24) is 4.90 Å². The second-order valence-electron chi connectivity index (χ2n) is 6.79. The first-order valence-corrected chi connectivity index (χ1v) is 10.3. The van der Waals surface area contributed by atoms with Crippen LogP contribution in [-0.2, 0) is 11.3 Å². The van der Waals surface area contributed by atoms with E-state index in [1.54, 1.807) is 24.3 Å². The zero-order valence-corrected chi connectivity index (χ0v) is 17.8. The monoisotopic (exact) mass is 435 g/mol. The average Bonchev–Trinajstić information content (AvgIpc) is 2.91.